The lowest BCUT2D eigenvalue weighted by atomic mass is 10.1. The van der Waals surface area contributed by atoms with Crippen LogP contribution in [0.3, 0.4) is 0 Å². The predicted octanol–water partition coefficient (Wildman–Crippen LogP) is 2.74. The van der Waals surface area contributed by atoms with Crippen LogP contribution in [-0.4, -0.2) is 39.2 Å². The quantitative estimate of drug-likeness (QED) is 0.789. The average molecular weight is 410 g/mol. The van der Waals surface area contributed by atoms with E-state index in [1.807, 2.05) is 13.0 Å². The van der Waals surface area contributed by atoms with E-state index < -0.39 is 26.5 Å². The number of hydrogen-bond donors (Lipinski definition) is 1. The van der Waals surface area contributed by atoms with Gasteiger partial charge < -0.3 is 19.9 Å². The van der Waals surface area contributed by atoms with Crippen LogP contribution in [0.2, 0.25) is 5.02 Å². The summed E-state index contributed by atoms with van der Waals surface area (Å²) in [6.45, 7) is 2.62. The minimum Gasteiger partial charge on any atom is -0.454 e. The van der Waals surface area contributed by atoms with Crippen molar-refractivity contribution in [2.24, 2.45) is 5.73 Å². The molecule has 2 aromatic rings. The van der Waals surface area contributed by atoms with Crippen LogP contribution in [0.25, 0.3) is 0 Å². The molecule has 0 unspecified atom stereocenters. The summed E-state index contributed by atoms with van der Waals surface area (Å²) >= 11 is 5.89. The van der Waals surface area contributed by atoms with Crippen molar-refractivity contribution in [3.05, 3.63) is 53.1 Å². The van der Waals surface area contributed by atoms with Crippen molar-refractivity contribution >= 4 is 21.4 Å². The number of halogens is 1. The molecule has 1 aliphatic carbocycles. The van der Waals surface area contributed by atoms with Crippen LogP contribution in [0.1, 0.15) is 18.4 Å². The van der Waals surface area contributed by atoms with Crippen molar-refractivity contribution in [3.63, 3.8) is 0 Å². The first-order valence-corrected chi connectivity index (χ1v) is 10.6. The van der Waals surface area contributed by atoms with Crippen LogP contribution >= 0.6 is 11.6 Å². The van der Waals surface area contributed by atoms with Gasteiger partial charge in [0, 0.05) is 17.5 Å². The molecular formula is C19H20ClNO5S. The lowest BCUT2D eigenvalue weighted by Crippen LogP contribution is -2.36. The van der Waals surface area contributed by atoms with Crippen LogP contribution in [0.4, 0.5) is 0 Å². The second-order valence-electron chi connectivity index (χ2n) is 6.76. The molecule has 8 heteroatoms. The van der Waals surface area contributed by atoms with Crippen LogP contribution in [0, 0.1) is 0 Å². The third kappa shape index (κ3) is 3.08. The largest absolute Gasteiger partial charge is 0.454 e. The second-order valence-corrected chi connectivity index (χ2v) is 9.27. The minimum atomic E-state index is -3.67. The summed E-state index contributed by atoms with van der Waals surface area (Å²) < 4.78 is 42.8. The highest BCUT2D eigenvalue weighted by Crippen LogP contribution is 2.56. The maximum absolute atomic E-state index is 13.3. The molecule has 144 valence electrons. The van der Waals surface area contributed by atoms with Gasteiger partial charge in [0.05, 0.1) is 22.3 Å². The van der Waals surface area contributed by atoms with E-state index in [4.69, 9.17) is 31.5 Å². The lowest BCUT2D eigenvalue weighted by molar-refractivity contribution is 0.125. The molecule has 2 aromatic carbocycles. The van der Waals surface area contributed by atoms with Gasteiger partial charge in [-0.05, 0) is 48.9 Å². The van der Waals surface area contributed by atoms with Gasteiger partial charge in [-0.2, -0.15) is 0 Å². The van der Waals surface area contributed by atoms with Crippen molar-refractivity contribution in [1.82, 2.24) is 0 Å². The molecule has 1 fully saturated rings. The van der Waals surface area contributed by atoms with Gasteiger partial charge in [-0.25, -0.2) is 8.42 Å². The van der Waals surface area contributed by atoms with Gasteiger partial charge >= 0.3 is 0 Å². The lowest BCUT2D eigenvalue weighted by Gasteiger charge is -2.12. The number of benzene rings is 2. The Kier molecular flexibility index (Phi) is 4.58. The molecule has 0 amide bonds. The van der Waals surface area contributed by atoms with Crippen molar-refractivity contribution < 1.29 is 22.6 Å². The predicted molar refractivity (Wildman–Crippen MR) is 101 cm³/mol. The third-order valence-electron chi connectivity index (χ3n) is 5.09. The first-order chi connectivity index (χ1) is 12.9. The molecule has 0 bridgehead atoms. The summed E-state index contributed by atoms with van der Waals surface area (Å²) in [5, 5.41) is -0.316. The zero-order chi connectivity index (χ0) is 19.2. The van der Waals surface area contributed by atoms with Crippen LogP contribution < -0.4 is 15.2 Å². The van der Waals surface area contributed by atoms with Crippen molar-refractivity contribution in [1.29, 1.82) is 0 Å². The fourth-order valence-electron chi connectivity index (χ4n) is 3.70. The monoisotopic (exact) mass is 409 g/mol. The average Bonchev–Trinajstić information content (AvgIpc) is 3.03. The van der Waals surface area contributed by atoms with Gasteiger partial charge in [-0.1, -0.05) is 17.7 Å². The molecular weight excluding hydrogens is 390 g/mol. The van der Waals surface area contributed by atoms with Gasteiger partial charge in [0.2, 0.25) is 6.79 Å². The summed E-state index contributed by atoms with van der Waals surface area (Å²) in [5.41, 5.74) is 6.33. The van der Waals surface area contributed by atoms with E-state index in [1.54, 1.807) is 24.3 Å². The van der Waals surface area contributed by atoms with Gasteiger partial charge in [0.1, 0.15) is 0 Å². The maximum atomic E-state index is 13.3. The van der Waals surface area contributed by atoms with Crippen LogP contribution in [-0.2, 0) is 14.6 Å². The fourth-order valence-corrected chi connectivity index (χ4v) is 6.12. The smallest absolute Gasteiger partial charge is 0.231 e. The maximum Gasteiger partial charge on any atom is 0.231 e. The molecule has 0 saturated heterocycles. The molecule has 0 aromatic heterocycles. The van der Waals surface area contributed by atoms with Crippen molar-refractivity contribution in [2.75, 3.05) is 20.0 Å². The van der Waals surface area contributed by atoms with E-state index in [-0.39, 0.29) is 18.3 Å². The molecule has 6 nitrogen and oxygen atoms in total. The van der Waals surface area contributed by atoms with Gasteiger partial charge in [-0.15, -0.1) is 0 Å². The number of sulfone groups is 1. The summed E-state index contributed by atoms with van der Waals surface area (Å²) in [5.74, 6) is 0.837. The highest BCUT2D eigenvalue weighted by molar-refractivity contribution is 7.92. The first kappa shape index (κ1) is 18.6. The zero-order valence-corrected chi connectivity index (χ0v) is 16.3. The first-order valence-electron chi connectivity index (χ1n) is 8.63. The Morgan fingerprint density at radius 3 is 2.59 bits per heavy atom. The van der Waals surface area contributed by atoms with Crippen LogP contribution in [0.5, 0.6) is 11.5 Å². The van der Waals surface area contributed by atoms with E-state index in [0.29, 0.717) is 23.1 Å². The van der Waals surface area contributed by atoms with E-state index in [2.05, 4.69) is 0 Å². The highest BCUT2D eigenvalue weighted by Gasteiger charge is 2.69. The SMILES string of the molecule is CCOC[C@@]1(N)[C@H](c2ccc3c(c2)OCO3)[C@@H]1S(=O)(=O)c1ccc(Cl)cc1. The van der Waals surface area contributed by atoms with Gasteiger partial charge in [-0.3, -0.25) is 0 Å². The molecule has 1 aliphatic heterocycles. The summed E-state index contributed by atoms with van der Waals surface area (Å²) in [4.78, 5) is 0.200. The summed E-state index contributed by atoms with van der Waals surface area (Å²) in [6.07, 6.45) is 0. The number of fused-ring (bicyclic) bond motifs is 1. The van der Waals surface area contributed by atoms with E-state index in [1.165, 1.54) is 12.1 Å². The Balaban J connectivity index is 1.72. The Hall–Kier alpha value is -1.80. The number of hydrogen-bond acceptors (Lipinski definition) is 6. The molecule has 4 rings (SSSR count). The molecule has 0 spiro atoms. The topological polar surface area (TPSA) is 87.8 Å². The molecule has 1 heterocycles. The molecule has 2 N–H and O–H groups in total. The normalized spacial score (nSPS) is 26.2. The Morgan fingerprint density at radius 2 is 1.89 bits per heavy atom. The van der Waals surface area contributed by atoms with E-state index >= 15 is 0 Å². The molecule has 1 saturated carbocycles. The molecule has 0 radical (unpaired) electrons. The number of nitrogens with two attached hydrogens (primary N) is 1. The van der Waals surface area contributed by atoms with Gasteiger partial charge in [0.15, 0.2) is 21.3 Å². The van der Waals surface area contributed by atoms with Gasteiger partial charge in [0.25, 0.3) is 0 Å². The summed E-state index contributed by atoms with van der Waals surface area (Å²) in [7, 11) is -3.67. The standard InChI is InChI=1S/C19H20ClNO5S/c1-2-24-10-19(21)17(12-3-8-15-16(9-12)26-11-25-15)18(19)27(22,23)14-6-4-13(20)5-7-14/h3-9,17-18H,2,10-11,21H2,1H3/t17-,18+,19-/m1/s1. The Labute approximate surface area is 163 Å². The second kappa shape index (κ2) is 6.67. The van der Waals surface area contributed by atoms with Crippen molar-refractivity contribution in [3.8, 4) is 11.5 Å². The Bertz CT molecular complexity index is 963. The third-order valence-corrected chi connectivity index (χ3v) is 7.65. The summed E-state index contributed by atoms with van der Waals surface area (Å²) in [6, 6.07) is 11.6. The zero-order valence-electron chi connectivity index (χ0n) is 14.7. The Morgan fingerprint density at radius 1 is 1.19 bits per heavy atom. The highest BCUT2D eigenvalue weighted by atomic mass is 35.5. The number of ether oxygens (including phenoxy) is 3. The van der Waals surface area contributed by atoms with E-state index in [0.717, 1.165) is 5.56 Å². The molecule has 3 atom stereocenters. The van der Waals surface area contributed by atoms with Crippen LogP contribution in [0.15, 0.2) is 47.4 Å². The molecule has 2 aliphatic rings. The van der Waals surface area contributed by atoms with E-state index in [9.17, 15) is 8.42 Å². The minimum absolute atomic E-state index is 0.153. The van der Waals surface area contributed by atoms with Crippen molar-refractivity contribution in [2.45, 2.75) is 28.5 Å². The number of rotatable bonds is 6. The fraction of sp³-hybridized carbons (Fsp3) is 0.368. The molecule has 27 heavy (non-hydrogen) atoms.